The first-order valence-corrected chi connectivity index (χ1v) is 6.19. The van der Waals surface area contributed by atoms with Crippen molar-refractivity contribution in [3.05, 3.63) is 59.0 Å². The van der Waals surface area contributed by atoms with Crippen LogP contribution < -0.4 is 11.2 Å². The van der Waals surface area contributed by atoms with Gasteiger partial charge in [-0.1, -0.05) is 46.4 Å². The van der Waals surface area contributed by atoms with Gasteiger partial charge in [-0.05, 0) is 12.1 Å². The van der Waals surface area contributed by atoms with Gasteiger partial charge in [-0.25, -0.2) is 9.36 Å². The van der Waals surface area contributed by atoms with Crippen molar-refractivity contribution in [1.29, 1.82) is 0 Å². The predicted molar refractivity (Wildman–Crippen MR) is 72.7 cm³/mol. The average molecular weight is 344 g/mol. The van der Waals surface area contributed by atoms with Gasteiger partial charge in [-0.15, -0.1) is 0 Å². The van der Waals surface area contributed by atoms with Gasteiger partial charge in [-0.3, -0.25) is 9.78 Å². The molecule has 0 bridgehead atoms. The molecule has 100 valence electrons. The summed E-state index contributed by atoms with van der Waals surface area (Å²) in [6.45, 7) is 0. The Morgan fingerprint density at radius 3 is 2.21 bits per heavy atom. The Morgan fingerprint density at radius 1 is 1.00 bits per heavy atom. The van der Waals surface area contributed by atoms with E-state index in [1.54, 1.807) is 0 Å². The third kappa shape index (κ3) is 2.51. The normalized spacial score (nSPS) is 10.8. The average Bonchev–Trinajstić information content (AvgIpc) is 2.33. The Kier molecular flexibility index (Phi) is 3.92. The molecule has 0 radical (unpaired) electrons. The van der Waals surface area contributed by atoms with Crippen LogP contribution in [0.4, 0.5) is 4.39 Å². The molecule has 1 aromatic heterocycles. The van der Waals surface area contributed by atoms with E-state index in [9.17, 15) is 14.0 Å². The van der Waals surface area contributed by atoms with Crippen LogP contribution in [-0.4, -0.2) is 9.55 Å². The Morgan fingerprint density at radius 2 is 1.58 bits per heavy atom. The molecule has 2 rings (SSSR count). The molecule has 0 aliphatic rings. The van der Waals surface area contributed by atoms with E-state index in [1.807, 2.05) is 4.98 Å². The molecular formula is C10H3Cl4FN2O2. The quantitative estimate of drug-likeness (QED) is 0.638. The minimum absolute atomic E-state index is 0.0382. The lowest BCUT2D eigenvalue weighted by Crippen LogP contribution is -2.36. The number of hydrogen-bond acceptors (Lipinski definition) is 2. The molecule has 4 nitrogen and oxygen atoms in total. The first-order valence-electron chi connectivity index (χ1n) is 4.68. The molecule has 9 heteroatoms. The number of hydrogen-bond donors (Lipinski definition) is 1. The van der Waals surface area contributed by atoms with E-state index in [2.05, 4.69) is 0 Å². The van der Waals surface area contributed by atoms with Crippen molar-refractivity contribution < 1.29 is 4.39 Å². The van der Waals surface area contributed by atoms with Crippen molar-refractivity contribution in [2.75, 3.05) is 0 Å². The second-order valence-corrected chi connectivity index (χ2v) is 5.02. The molecule has 2 aromatic rings. The summed E-state index contributed by atoms with van der Waals surface area (Å²) in [5.41, 5.74) is -2.29. The maximum atomic E-state index is 13.4. The smallest absolute Gasteiger partial charge is 0.295 e. The summed E-state index contributed by atoms with van der Waals surface area (Å²) in [4.78, 5) is 25.4. The Balaban J connectivity index is 2.88. The molecular weight excluding hydrogens is 341 g/mol. The second-order valence-electron chi connectivity index (χ2n) is 3.42. The van der Waals surface area contributed by atoms with Gasteiger partial charge >= 0.3 is 5.69 Å². The van der Waals surface area contributed by atoms with Gasteiger partial charge in [0.15, 0.2) is 5.15 Å². The topological polar surface area (TPSA) is 54.9 Å². The third-order valence-electron chi connectivity index (χ3n) is 2.23. The van der Waals surface area contributed by atoms with E-state index in [4.69, 9.17) is 46.4 Å². The SMILES string of the molecule is O=c1[nH]c(Cl)c(F)c(=O)n1-c1cc(Cl)c(Cl)cc1Cl. The van der Waals surface area contributed by atoms with Crippen molar-refractivity contribution >= 4 is 46.4 Å². The predicted octanol–water partition coefficient (Wildman–Crippen LogP) is 3.28. The first kappa shape index (κ1) is 14.4. The number of benzene rings is 1. The van der Waals surface area contributed by atoms with E-state index >= 15 is 0 Å². The highest BCUT2D eigenvalue weighted by molar-refractivity contribution is 6.43. The lowest BCUT2D eigenvalue weighted by atomic mass is 10.3. The van der Waals surface area contributed by atoms with Crippen LogP contribution in [0.25, 0.3) is 5.69 Å². The molecule has 0 spiro atoms. The van der Waals surface area contributed by atoms with Crippen molar-refractivity contribution in [1.82, 2.24) is 9.55 Å². The van der Waals surface area contributed by atoms with Crippen LogP contribution in [0.3, 0.4) is 0 Å². The lowest BCUT2D eigenvalue weighted by molar-refractivity contribution is 0.584. The number of nitrogens with zero attached hydrogens (tertiary/aromatic N) is 1. The van der Waals surface area contributed by atoms with Gasteiger partial charge in [0.25, 0.3) is 5.56 Å². The Bertz CT molecular complexity index is 784. The summed E-state index contributed by atoms with van der Waals surface area (Å²) < 4.78 is 13.9. The summed E-state index contributed by atoms with van der Waals surface area (Å²) in [7, 11) is 0. The summed E-state index contributed by atoms with van der Waals surface area (Å²) >= 11 is 22.7. The summed E-state index contributed by atoms with van der Waals surface area (Å²) in [5.74, 6) is -1.30. The zero-order valence-electron chi connectivity index (χ0n) is 8.81. The maximum absolute atomic E-state index is 13.4. The van der Waals surface area contributed by atoms with Crippen molar-refractivity contribution in [3.8, 4) is 5.69 Å². The fourth-order valence-electron chi connectivity index (χ4n) is 1.39. The zero-order chi connectivity index (χ0) is 14.3. The third-order valence-corrected chi connectivity index (χ3v) is 3.52. The van der Waals surface area contributed by atoms with Gasteiger partial charge in [0.05, 0.1) is 20.8 Å². The van der Waals surface area contributed by atoms with Crippen LogP contribution in [0.5, 0.6) is 0 Å². The fraction of sp³-hybridized carbons (Fsp3) is 0. The van der Waals surface area contributed by atoms with E-state index in [-0.39, 0.29) is 20.8 Å². The molecule has 0 unspecified atom stereocenters. The summed E-state index contributed by atoms with van der Waals surface area (Å²) in [6.07, 6.45) is 0. The number of rotatable bonds is 1. The summed E-state index contributed by atoms with van der Waals surface area (Å²) in [6, 6.07) is 2.41. The molecule has 0 fully saturated rings. The highest BCUT2D eigenvalue weighted by Crippen LogP contribution is 2.30. The molecule has 1 heterocycles. The lowest BCUT2D eigenvalue weighted by Gasteiger charge is -2.08. The standard InChI is InChI=1S/C10H3Cl4FN2O2/c11-3-1-5(13)6(2-4(3)12)17-9(18)7(15)8(14)16-10(17)19/h1-2H,(H,16,19). The molecule has 0 amide bonds. The van der Waals surface area contributed by atoms with E-state index in [0.29, 0.717) is 4.57 Å². The van der Waals surface area contributed by atoms with Crippen LogP contribution in [-0.2, 0) is 0 Å². The van der Waals surface area contributed by atoms with Crippen molar-refractivity contribution in [3.63, 3.8) is 0 Å². The van der Waals surface area contributed by atoms with Crippen LogP contribution in [0, 0.1) is 5.82 Å². The fourth-order valence-corrected chi connectivity index (χ4v) is 2.18. The van der Waals surface area contributed by atoms with Gasteiger partial charge in [0, 0.05) is 0 Å². The monoisotopic (exact) mass is 342 g/mol. The van der Waals surface area contributed by atoms with Gasteiger partial charge in [-0.2, -0.15) is 4.39 Å². The van der Waals surface area contributed by atoms with Crippen molar-refractivity contribution in [2.45, 2.75) is 0 Å². The minimum Gasteiger partial charge on any atom is -0.295 e. The molecule has 0 saturated heterocycles. The molecule has 0 saturated carbocycles. The number of aromatic amines is 1. The van der Waals surface area contributed by atoms with E-state index < -0.39 is 22.2 Å². The maximum Gasteiger partial charge on any atom is 0.334 e. The van der Waals surface area contributed by atoms with E-state index in [0.717, 1.165) is 0 Å². The first-order chi connectivity index (χ1) is 8.82. The highest BCUT2D eigenvalue weighted by Gasteiger charge is 2.17. The summed E-state index contributed by atoms with van der Waals surface area (Å²) in [5, 5.41) is -0.525. The molecule has 0 atom stereocenters. The molecule has 1 N–H and O–H groups in total. The molecule has 0 aliphatic heterocycles. The van der Waals surface area contributed by atoms with Gasteiger partial charge in [0.1, 0.15) is 0 Å². The van der Waals surface area contributed by atoms with Gasteiger partial charge < -0.3 is 0 Å². The van der Waals surface area contributed by atoms with Crippen molar-refractivity contribution in [2.24, 2.45) is 0 Å². The van der Waals surface area contributed by atoms with Gasteiger partial charge in [0.2, 0.25) is 5.82 Å². The number of H-pyrrole nitrogens is 1. The zero-order valence-corrected chi connectivity index (χ0v) is 11.8. The Hall–Kier alpha value is -1.01. The van der Waals surface area contributed by atoms with Crippen LogP contribution in [0.15, 0.2) is 21.7 Å². The number of aromatic nitrogens is 2. The number of halogens is 5. The molecule has 19 heavy (non-hydrogen) atoms. The highest BCUT2D eigenvalue weighted by atomic mass is 35.5. The van der Waals surface area contributed by atoms with E-state index in [1.165, 1.54) is 12.1 Å². The second kappa shape index (κ2) is 5.17. The Labute approximate surface area is 125 Å². The minimum atomic E-state index is -1.30. The van der Waals surface area contributed by atoms with Crippen LogP contribution in [0.1, 0.15) is 0 Å². The van der Waals surface area contributed by atoms with Crippen LogP contribution >= 0.6 is 46.4 Å². The molecule has 1 aromatic carbocycles. The largest absolute Gasteiger partial charge is 0.334 e. The van der Waals surface area contributed by atoms with Crippen LogP contribution in [0.2, 0.25) is 20.2 Å². The molecule has 0 aliphatic carbocycles. The number of nitrogens with one attached hydrogen (secondary N) is 1.